The van der Waals surface area contributed by atoms with E-state index < -0.39 is 12.0 Å². The van der Waals surface area contributed by atoms with Crippen molar-refractivity contribution in [2.24, 2.45) is 0 Å². The molecule has 5 nitrogen and oxygen atoms in total. The van der Waals surface area contributed by atoms with Gasteiger partial charge in [0.05, 0.1) is 5.52 Å². The van der Waals surface area contributed by atoms with Crippen LogP contribution in [0.15, 0.2) is 42.6 Å². The van der Waals surface area contributed by atoms with Gasteiger partial charge in [-0.2, -0.15) is 0 Å². The number of pyridine rings is 1. The molecule has 2 aromatic rings. The zero-order valence-corrected chi connectivity index (χ0v) is 12.0. The zero-order valence-electron chi connectivity index (χ0n) is 12.0. The number of amides is 1. The van der Waals surface area contributed by atoms with Gasteiger partial charge in [-0.05, 0) is 25.0 Å². The van der Waals surface area contributed by atoms with Crippen LogP contribution in [-0.2, 0) is 9.59 Å². The van der Waals surface area contributed by atoms with Gasteiger partial charge in [-0.25, -0.2) is 4.79 Å². The predicted molar refractivity (Wildman–Crippen MR) is 83.1 cm³/mol. The summed E-state index contributed by atoms with van der Waals surface area (Å²) in [7, 11) is 0. The molecule has 1 N–H and O–H groups in total. The lowest BCUT2D eigenvalue weighted by Crippen LogP contribution is -2.39. The summed E-state index contributed by atoms with van der Waals surface area (Å²) >= 11 is 0. The highest BCUT2D eigenvalue weighted by Crippen LogP contribution is 2.20. The van der Waals surface area contributed by atoms with Crippen LogP contribution in [0.25, 0.3) is 17.0 Å². The van der Waals surface area contributed by atoms with Crippen LogP contribution in [0.3, 0.4) is 0 Å². The van der Waals surface area contributed by atoms with E-state index in [9.17, 15) is 9.59 Å². The molecule has 0 radical (unpaired) electrons. The molecule has 0 spiro atoms. The van der Waals surface area contributed by atoms with E-state index in [0.717, 1.165) is 22.9 Å². The van der Waals surface area contributed by atoms with Gasteiger partial charge in [-0.15, -0.1) is 0 Å². The summed E-state index contributed by atoms with van der Waals surface area (Å²) in [6, 6.07) is 8.87. The molecule has 1 atom stereocenters. The minimum atomic E-state index is -0.939. The molecule has 112 valence electrons. The summed E-state index contributed by atoms with van der Waals surface area (Å²) in [6.07, 6.45) is 6.10. The molecule has 1 fully saturated rings. The van der Waals surface area contributed by atoms with Crippen LogP contribution in [0.1, 0.15) is 18.4 Å². The van der Waals surface area contributed by atoms with Gasteiger partial charge >= 0.3 is 5.97 Å². The van der Waals surface area contributed by atoms with Gasteiger partial charge in [0, 0.05) is 29.8 Å². The third-order valence-electron chi connectivity index (χ3n) is 3.89. The third-order valence-corrected chi connectivity index (χ3v) is 3.89. The molecule has 1 unspecified atom stereocenters. The number of hydrogen-bond donors (Lipinski definition) is 1. The van der Waals surface area contributed by atoms with Crippen molar-refractivity contribution in [2.45, 2.75) is 18.9 Å². The molecule has 1 aliphatic heterocycles. The van der Waals surface area contributed by atoms with Gasteiger partial charge in [0.2, 0.25) is 5.91 Å². The van der Waals surface area contributed by atoms with Gasteiger partial charge in [0.15, 0.2) is 0 Å². The maximum Gasteiger partial charge on any atom is 0.326 e. The Morgan fingerprint density at radius 3 is 2.91 bits per heavy atom. The van der Waals surface area contributed by atoms with Crippen molar-refractivity contribution in [3.05, 3.63) is 48.2 Å². The Morgan fingerprint density at radius 2 is 2.09 bits per heavy atom. The molecule has 5 heteroatoms. The SMILES string of the molecule is O=C(O)C1CCCN1C(=O)C=Cc1cccc2cccnc12. The number of hydrogen-bond acceptors (Lipinski definition) is 3. The average Bonchev–Trinajstić information content (AvgIpc) is 3.02. The lowest BCUT2D eigenvalue weighted by molar-refractivity contribution is -0.146. The van der Waals surface area contributed by atoms with Crippen molar-refractivity contribution in [1.82, 2.24) is 9.88 Å². The van der Waals surface area contributed by atoms with E-state index in [1.165, 1.54) is 11.0 Å². The van der Waals surface area contributed by atoms with E-state index in [2.05, 4.69) is 4.98 Å². The predicted octanol–water partition coefficient (Wildman–Crippen LogP) is 2.32. The van der Waals surface area contributed by atoms with E-state index in [0.29, 0.717) is 13.0 Å². The number of rotatable bonds is 3. The Kier molecular flexibility index (Phi) is 3.87. The molecule has 1 aromatic heterocycles. The van der Waals surface area contributed by atoms with Crippen molar-refractivity contribution in [3.8, 4) is 0 Å². The highest BCUT2D eigenvalue weighted by Gasteiger charge is 2.32. The minimum Gasteiger partial charge on any atom is -0.480 e. The Labute approximate surface area is 127 Å². The van der Waals surface area contributed by atoms with Crippen LogP contribution in [0.5, 0.6) is 0 Å². The molecule has 0 aliphatic carbocycles. The van der Waals surface area contributed by atoms with Gasteiger partial charge in [-0.3, -0.25) is 9.78 Å². The van der Waals surface area contributed by atoms with Crippen molar-refractivity contribution >= 4 is 28.9 Å². The van der Waals surface area contributed by atoms with Crippen LogP contribution in [0.2, 0.25) is 0 Å². The molecule has 1 amide bonds. The monoisotopic (exact) mass is 296 g/mol. The number of aromatic nitrogens is 1. The lowest BCUT2D eigenvalue weighted by Gasteiger charge is -2.19. The lowest BCUT2D eigenvalue weighted by atomic mass is 10.1. The Morgan fingerprint density at radius 1 is 1.27 bits per heavy atom. The fourth-order valence-corrected chi connectivity index (χ4v) is 2.81. The summed E-state index contributed by atoms with van der Waals surface area (Å²) in [5.41, 5.74) is 1.67. The molecule has 0 saturated carbocycles. The van der Waals surface area contributed by atoms with Crippen molar-refractivity contribution < 1.29 is 14.7 Å². The first-order chi connectivity index (χ1) is 10.7. The standard InChI is InChI=1S/C17H16N2O3/c20-15(19-11-3-7-14(19)17(21)22)9-8-13-5-1-4-12-6-2-10-18-16(12)13/h1-2,4-6,8-10,14H,3,7,11H2,(H,21,22). The van der Waals surface area contributed by atoms with Crippen LogP contribution >= 0.6 is 0 Å². The number of aliphatic carboxylic acids is 1. The smallest absolute Gasteiger partial charge is 0.326 e. The Balaban J connectivity index is 1.84. The van der Waals surface area contributed by atoms with Gasteiger partial charge in [0.1, 0.15) is 6.04 Å². The first-order valence-electron chi connectivity index (χ1n) is 7.22. The largest absolute Gasteiger partial charge is 0.480 e. The molecule has 1 aliphatic rings. The van der Waals surface area contributed by atoms with Crippen LogP contribution in [0, 0.1) is 0 Å². The van der Waals surface area contributed by atoms with Crippen LogP contribution in [0.4, 0.5) is 0 Å². The quantitative estimate of drug-likeness (QED) is 0.882. The molecule has 1 saturated heterocycles. The average molecular weight is 296 g/mol. The van der Waals surface area contributed by atoms with Crippen LogP contribution < -0.4 is 0 Å². The van der Waals surface area contributed by atoms with Crippen molar-refractivity contribution in [1.29, 1.82) is 0 Å². The molecular weight excluding hydrogens is 280 g/mol. The second kappa shape index (κ2) is 5.97. The first-order valence-corrected chi connectivity index (χ1v) is 7.22. The maximum absolute atomic E-state index is 12.2. The summed E-state index contributed by atoms with van der Waals surface area (Å²) < 4.78 is 0. The van der Waals surface area contributed by atoms with Crippen molar-refractivity contribution in [3.63, 3.8) is 0 Å². The molecule has 0 bridgehead atoms. The van der Waals surface area contributed by atoms with E-state index in [-0.39, 0.29) is 5.91 Å². The fourth-order valence-electron chi connectivity index (χ4n) is 2.81. The topological polar surface area (TPSA) is 70.5 Å². The Bertz CT molecular complexity index is 749. The molecular formula is C17H16N2O3. The second-order valence-electron chi connectivity index (χ2n) is 5.28. The zero-order chi connectivity index (χ0) is 15.5. The maximum atomic E-state index is 12.2. The molecule has 22 heavy (non-hydrogen) atoms. The summed E-state index contributed by atoms with van der Waals surface area (Å²) in [5.74, 6) is -1.20. The highest BCUT2D eigenvalue weighted by molar-refractivity contribution is 5.97. The number of carbonyl (C=O) groups is 2. The number of likely N-dealkylation sites (tertiary alicyclic amines) is 1. The molecule has 3 rings (SSSR count). The van der Waals surface area contributed by atoms with E-state index in [1.54, 1.807) is 12.3 Å². The van der Waals surface area contributed by atoms with Crippen LogP contribution in [-0.4, -0.2) is 39.5 Å². The number of carbonyl (C=O) groups excluding carboxylic acids is 1. The van der Waals surface area contributed by atoms with Gasteiger partial charge < -0.3 is 10.0 Å². The van der Waals surface area contributed by atoms with E-state index >= 15 is 0 Å². The number of fused-ring (bicyclic) bond motifs is 1. The first kappa shape index (κ1) is 14.3. The fraction of sp³-hybridized carbons (Fsp3) is 0.235. The number of nitrogens with zero attached hydrogens (tertiary/aromatic N) is 2. The van der Waals surface area contributed by atoms with Gasteiger partial charge in [0.25, 0.3) is 0 Å². The Hall–Kier alpha value is -2.69. The normalized spacial score (nSPS) is 18.2. The molecule has 2 heterocycles. The van der Waals surface area contributed by atoms with E-state index in [1.807, 2.05) is 30.3 Å². The van der Waals surface area contributed by atoms with Crippen molar-refractivity contribution in [2.75, 3.05) is 6.54 Å². The second-order valence-corrected chi connectivity index (χ2v) is 5.28. The van der Waals surface area contributed by atoms with Gasteiger partial charge in [-0.1, -0.05) is 24.3 Å². The van der Waals surface area contributed by atoms with E-state index in [4.69, 9.17) is 5.11 Å². The number of carboxylic acids is 1. The number of benzene rings is 1. The highest BCUT2D eigenvalue weighted by atomic mass is 16.4. The third kappa shape index (κ3) is 2.70. The number of carboxylic acid groups (broad SMARTS) is 1. The molecule has 1 aromatic carbocycles. The summed E-state index contributed by atoms with van der Waals surface area (Å²) in [6.45, 7) is 0.494. The minimum absolute atomic E-state index is 0.266. The summed E-state index contributed by atoms with van der Waals surface area (Å²) in [5, 5.41) is 10.1. The number of para-hydroxylation sites is 1. The summed E-state index contributed by atoms with van der Waals surface area (Å²) in [4.78, 5) is 29.1.